The van der Waals surface area contributed by atoms with E-state index in [-0.39, 0.29) is 5.92 Å². The van der Waals surface area contributed by atoms with Crippen molar-refractivity contribution in [1.82, 2.24) is 5.32 Å². The number of hydrogen-bond donors (Lipinski definition) is 1. The SMILES string of the molecule is CCCCCCCCCCCCCCCOCCOCCNC(=O)OCC1c2ccccc2-c2ccccc21. The van der Waals surface area contributed by atoms with Crippen LogP contribution < -0.4 is 5.32 Å². The van der Waals surface area contributed by atoms with Gasteiger partial charge in [-0.1, -0.05) is 133 Å². The first kappa shape index (κ1) is 31.2. The van der Waals surface area contributed by atoms with Crippen LogP contribution in [-0.4, -0.2) is 45.7 Å². The molecule has 2 aromatic carbocycles. The number of carbonyl (C=O) groups is 1. The molecule has 3 rings (SSSR count). The summed E-state index contributed by atoms with van der Waals surface area (Å²) in [6.45, 7) is 5.43. The van der Waals surface area contributed by atoms with Gasteiger partial charge < -0.3 is 19.5 Å². The molecule has 39 heavy (non-hydrogen) atoms. The van der Waals surface area contributed by atoms with Crippen molar-refractivity contribution in [2.24, 2.45) is 0 Å². The van der Waals surface area contributed by atoms with E-state index in [0.29, 0.717) is 33.0 Å². The fourth-order valence-electron chi connectivity index (χ4n) is 5.42. The molecule has 0 saturated carbocycles. The maximum atomic E-state index is 12.2. The molecule has 0 bridgehead atoms. The molecule has 5 nitrogen and oxygen atoms in total. The second kappa shape index (κ2) is 19.7. The molecular formula is C34H51NO4. The molecule has 0 atom stereocenters. The van der Waals surface area contributed by atoms with Gasteiger partial charge in [0.2, 0.25) is 0 Å². The molecule has 1 aliphatic rings. The minimum Gasteiger partial charge on any atom is -0.449 e. The highest BCUT2D eigenvalue weighted by Crippen LogP contribution is 2.44. The Morgan fingerprint density at radius 3 is 1.69 bits per heavy atom. The lowest BCUT2D eigenvalue weighted by Crippen LogP contribution is -2.29. The maximum Gasteiger partial charge on any atom is 0.407 e. The lowest BCUT2D eigenvalue weighted by Gasteiger charge is -2.14. The monoisotopic (exact) mass is 537 g/mol. The third-order valence-electron chi connectivity index (χ3n) is 7.62. The number of nitrogens with one attached hydrogen (secondary N) is 1. The highest BCUT2D eigenvalue weighted by molar-refractivity contribution is 5.79. The molecule has 0 radical (unpaired) electrons. The summed E-state index contributed by atoms with van der Waals surface area (Å²) < 4.78 is 16.8. The fourth-order valence-corrected chi connectivity index (χ4v) is 5.42. The summed E-state index contributed by atoms with van der Waals surface area (Å²) in [7, 11) is 0. The number of fused-ring (bicyclic) bond motifs is 3. The number of carbonyl (C=O) groups excluding carboxylic acids is 1. The van der Waals surface area contributed by atoms with Crippen molar-refractivity contribution in [2.75, 3.05) is 39.6 Å². The van der Waals surface area contributed by atoms with E-state index in [1.807, 2.05) is 12.1 Å². The third-order valence-corrected chi connectivity index (χ3v) is 7.62. The van der Waals surface area contributed by atoms with Crippen LogP contribution in [0.4, 0.5) is 4.79 Å². The van der Waals surface area contributed by atoms with Crippen LogP contribution in [0.25, 0.3) is 11.1 Å². The quantitative estimate of drug-likeness (QED) is 0.153. The van der Waals surface area contributed by atoms with Crippen LogP contribution in [0.5, 0.6) is 0 Å². The zero-order chi connectivity index (χ0) is 27.4. The van der Waals surface area contributed by atoms with Gasteiger partial charge in [-0.15, -0.1) is 0 Å². The summed E-state index contributed by atoms with van der Waals surface area (Å²) in [4.78, 5) is 12.2. The van der Waals surface area contributed by atoms with E-state index in [9.17, 15) is 4.79 Å². The molecule has 0 spiro atoms. The van der Waals surface area contributed by atoms with Gasteiger partial charge in [-0.2, -0.15) is 0 Å². The Kier molecular flexibility index (Phi) is 15.7. The second-order valence-corrected chi connectivity index (χ2v) is 10.7. The van der Waals surface area contributed by atoms with Crippen LogP contribution in [0.3, 0.4) is 0 Å². The largest absolute Gasteiger partial charge is 0.449 e. The molecule has 2 aromatic rings. The molecule has 0 unspecified atom stereocenters. The summed E-state index contributed by atoms with van der Waals surface area (Å²) >= 11 is 0. The molecule has 1 aliphatic carbocycles. The summed E-state index contributed by atoms with van der Waals surface area (Å²) in [6, 6.07) is 16.7. The fraction of sp³-hybridized carbons (Fsp3) is 0.618. The molecule has 0 aromatic heterocycles. The van der Waals surface area contributed by atoms with Crippen LogP contribution in [0.1, 0.15) is 107 Å². The van der Waals surface area contributed by atoms with Crippen molar-refractivity contribution in [1.29, 1.82) is 0 Å². The topological polar surface area (TPSA) is 56.8 Å². The lowest BCUT2D eigenvalue weighted by atomic mass is 9.98. The smallest absolute Gasteiger partial charge is 0.407 e. The molecule has 0 fully saturated rings. The Morgan fingerprint density at radius 2 is 1.13 bits per heavy atom. The Labute approximate surface area is 237 Å². The van der Waals surface area contributed by atoms with Gasteiger partial charge in [-0.05, 0) is 28.7 Å². The normalized spacial score (nSPS) is 12.3. The van der Waals surface area contributed by atoms with Gasteiger partial charge in [0.25, 0.3) is 0 Å². The van der Waals surface area contributed by atoms with Crippen LogP contribution >= 0.6 is 0 Å². The highest BCUT2D eigenvalue weighted by atomic mass is 16.5. The molecule has 1 N–H and O–H groups in total. The Hall–Kier alpha value is -2.37. The molecule has 1 amide bonds. The minimum absolute atomic E-state index is 0.0754. The number of alkyl carbamates (subject to hydrolysis) is 1. The van der Waals surface area contributed by atoms with Crippen molar-refractivity contribution in [2.45, 2.75) is 96.3 Å². The average Bonchev–Trinajstić information content (AvgIpc) is 3.28. The minimum atomic E-state index is -0.404. The van der Waals surface area contributed by atoms with E-state index >= 15 is 0 Å². The number of rotatable bonds is 22. The number of hydrogen-bond acceptors (Lipinski definition) is 4. The van der Waals surface area contributed by atoms with Crippen LogP contribution in [-0.2, 0) is 14.2 Å². The summed E-state index contributed by atoms with van der Waals surface area (Å²) in [6.07, 6.45) is 17.3. The molecule has 5 heteroatoms. The Morgan fingerprint density at radius 1 is 0.641 bits per heavy atom. The first-order valence-corrected chi connectivity index (χ1v) is 15.6. The summed E-state index contributed by atoms with van der Waals surface area (Å²) in [5, 5.41) is 2.78. The molecule has 0 aliphatic heterocycles. The van der Waals surface area contributed by atoms with Gasteiger partial charge in [0.05, 0.1) is 19.8 Å². The van der Waals surface area contributed by atoms with E-state index < -0.39 is 6.09 Å². The molecular weight excluding hydrogens is 486 g/mol. The molecule has 0 heterocycles. The Bertz CT molecular complexity index is 885. The van der Waals surface area contributed by atoms with Crippen molar-refractivity contribution in [3.63, 3.8) is 0 Å². The van der Waals surface area contributed by atoms with E-state index in [0.717, 1.165) is 13.0 Å². The highest BCUT2D eigenvalue weighted by Gasteiger charge is 2.28. The standard InChI is InChI=1S/C34H51NO4/c1-2-3-4-5-6-7-8-9-10-11-12-13-18-24-37-26-27-38-25-23-35-34(36)39-28-33-31-21-16-14-19-29(31)30-20-15-17-22-32(30)33/h14-17,19-22,33H,2-13,18,23-28H2,1H3,(H,35,36). The van der Waals surface area contributed by atoms with Crippen LogP contribution in [0.2, 0.25) is 0 Å². The average molecular weight is 538 g/mol. The zero-order valence-electron chi connectivity index (χ0n) is 24.3. The predicted molar refractivity (Wildman–Crippen MR) is 160 cm³/mol. The predicted octanol–water partition coefficient (Wildman–Crippen LogP) is 8.65. The van der Waals surface area contributed by atoms with Gasteiger partial charge in [0.1, 0.15) is 6.61 Å². The lowest BCUT2D eigenvalue weighted by molar-refractivity contribution is 0.0468. The van der Waals surface area contributed by atoms with Crippen molar-refractivity contribution in [3.8, 4) is 11.1 Å². The van der Waals surface area contributed by atoms with E-state index in [2.05, 4.69) is 48.6 Å². The van der Waals surface area contributed by atoms with Gasteiger partial charge >= 0.3 is 6.09 Å². The number of unbranched alkanes of at least 4 members (excludes halogenated alkanes) is 12. The van der Waals surface area contributed by atoms with Gasteiger partial charge in [0, 0.05) is 19.1 Å². The number of benzene rings is 2. The van der Waals surface area contributed by atoms with Crippen molar-refractivity contribution >= 4 is 6.09 Å². The summed E-state index contributed by atoms with van der Waals surface area (Å²) in [5.41, 5.74) is 4.89. The first-order valence-electron chi connectivity index (χ1n) is 15.6. The maximum absolute atomic E-state index is 12.2. The van der Waals surface area contributed by atoms with E-state index in [4.69, 9.17) is 14.2 Å². The third kappa shape index (κ3) is 11.7. The first-order chi connectivity index (χ1) is 19.3. The second-order valence-electron chi connectivity index (χ2n) is 10.7. The van der Waals surface area contributed by atoms with Gasteiger partial charge in [-0.25, -0.2) is 4.79 Å². The van der Waals surface area contributed by atoms with Gasteiger partial charge in [-0.3, -0.25) is 0 Å². The van der Waals surface area contributed by atoms with Crippen LogP contribution in [0, 0.1) is 0 Å². The van der Waals surface area contributed by atoms with E-state index in [1.165, 1.54) is 99.3 Å². The van der Waals surface area contributed by atoms with Crippen molar-refractivity contribution in [3.05, 3.63) is 59.7 Å². The number of amides is 1. The van der Waals surface area contributed by atoms with Crippen molar-refractivity contribution < 1.29 is 19.0 Å². The summed E-state index contributed by atoms with van der Waals surface area (Å²) in [5.74, 6) is 0.0754. The van der Waals surface area contributed by atoms with Crippen LogP contribution in [0.15, 0.2) is 48.5 Å². The van der Waals surface area contributed by atoms with E-state index in [1.54, 1.807) is 0 Å². The molecule has 0 saturated heterocycles. The van der Waals surface area contributed by atoms with Gasteiger partial charge in [0.15, 0.2) is 0 Å². The zero-order valence-corrected chi connectivity index (χ0v) is 24.3. The molecule has 216 valence electrons. The Balaban J connectivity index is 1.09. The number of ether oxygens (including phenoxy) is 3.